The molecule has 20 heteroatoms. The largest absolute Gasteiger partial charge is 0.455 e. The molecule has 0 N–H and O–H groups in total. The van der Waals surface area contributed by atoms with Gasteiger partial charge in [0.15, 0.2) is 37.2 Å². The number of hydrogen-bond donors (Lipinski definition) is 0. The summed E-state index contributed by atoms with van der Waals surface area (Å²) in [6.07, 6.45) is -16.8. The van der Waals surface area contributed by atoms with E-state index in [2.05, 4.69) is 6.58 Å². The summed E-state index contributed by atoms with van der Waals surface area (Å²) in [7, 11) is 0. The van der Waals surface area contributed by atoms with Gasteiger partial charge in [0.05, 0.1) is 86.5 Å². The summed E-state index contributed by atoms with van der Waals surface area (Å²) in [5.74, 6) is -3.50. The number of fused-ring (bicyclic) bond motifs is 1. The fourth-order valence-electron chi connectivity index (χ4n) is 12.6. The number of rotatable bonds is 31. The van der Waals surface area contributed by atoms with Crippen molar-refractivity contribution in [2.45, 2.75) is 186 Å². The second-order valence-corrected chi connectivity index (χ2v) is 28.1. The van der Waals surface area contributed by atoms with Crippen LogP contribution in [0.1, 0.15) is 120 Å². The smallest absolute Gasteiger partial charge is 0.338 e. The molecule has 7 aromatic carbocycles. The van der Waals surface area contributed by atoms with Crippen LogP contribution in [0.4, 0.5) is 0 Å². The number of nitrogens with zero attached hydrogens (tertiary/aromatic N) is 1. The summed E-state index contributed by atoms with van der Waals surface area (Å²) in [6.45, 7) is 15.6. The summed E-state index contributed by atoms with van der Waals surface area (Å²) in [5, 5.41) is 0. The van der Waals surface area contributed by atoms with E-state index < -0.39 is 133 Å². The standard InChI is InChI=1S/C83H93NO19/c1-9-10-31-46-92-77-65(84-74(85)61-44-29-30-45-62(61)75(84)86)69(99-76(87)60-42-27-16-28-43-60)68(64(97-77)53-91-48-56-34-19-12-20-35-56)100-79-73(101-78-72(95-51-59-40-25-15-26-41-59)71(103-81(89)83(6,7)8)66(54(2)96-78)102-80(88)82(3,4)5)70(94-50-58-38-23-14-24-39-58)67(93-49-57-36-21-13-22-37-57)63(98-79)52-90-47-55-32-17-11-18-33-55/h9,11-30,32-45,54,63-73,77-79H,1,10,31,46-53H2,2-8H3/t54-,63+,64+,65+,66+,67-,68+,69+,70-,71+,72-,73+,77+,78-,79-/m0/s1. The third kappa shape index (κ3) is 19.6. The van der Waals surface area contributed by atoms with Gasteiger partial charge in [-0.2, -0.15) is 0 Å². The average Bonchev–Trinajstić information content (AvgIpc) is 1.71. The van der Waals surface area contributed by atoms with E-state index in [1.807, 2.05) is 152 Å². The van der Waals surface area contributed by atoms with Crippen molar-refractivity contribution >= 4 is 29.7 Å². The highest BCUT2D eigenvalue weighted by atomic mass is 16.8. The van der Waals surface area contributed by atoms with E-state index in [4.69, 9.17) is 66.3 Å². The van der Waals surface area contributed by atoms with Gasteiger partial charge in [-0.1, -0.05) is 188 Å². The maximum Gasteiger partial charge on any atom is 0.338 e. The minimum absolute atomic E-state index is 0.0316. The summed E-state index contributed by atoms with van der Waals surface area (Å²) in [4.78, 5) is 75.6. The van der Waals surface area contributed by atoms with Gasteiger partial charge in [0.1, 0.15) is 48.8 Å². The number of imide groups is 1. The zero-order valence-corrected chi connectivity index (χ0v) is 59.3. The first-order valence-electron chi connectivity index (χ1n) is 35.2. The highest BCUT2D eigenvalue weighted by Gasteiger charge is 2.61. The van der Waals surface area contributed by atoms with Crippen LogP contribution in [0.5, 0.6) is 0 Å². The van der Waals surface area contributed by atoms with Crippen molar-refractivity contribution in [2.24, 2.45) is 10.8 Å². The van der Waals surface area contributed by atoms with Gasteiger partial charge >= 0.3 is 17.9 Å². The Morgan fingerprint density at radius 3 is 1.30 bits per heavy atom. The molecule has 0 bridgehead atoms. The fraction of sp³-hybridized carbons (Fsp3) is 0.410. The maximum absolute atomic E-state index is 15.3. The molecule has 0 radical (unpaired) electrons. The molecule has 0 aliphatic carbocycles. The fourth-order valence-corrected chi connectivity index (χ4v) is 12.6. The Morgan fingerprint density at radius 1 is 0.427 bits per heavy atom. The second kappa shape index (κ2) is 35.7. The number of hydrogen-bond acceptors (Lipinski definition) is 19. The van der Waals surface area contributed by atoms with E-state index in [1.54, 1.807) is 109 Å². The van der Waals surface area contributed by atoms with Crippen LogP contribution in [-0.4, -0.2) is 146 Å². The normalized spacial score (nSPS) is 25.7. The third-order valence-electron chi connectivity index (χ3n) is 18.1. The molecular weight excluding hydrogens is 1310 g/mol. The molecule has 544 valence electrons. The number of unbranched alkanes of at least 4 members (excludes halogenated alkanes) is 1. The molecule has 0 spiro atoms. The zero-order valence-electron chi connectivity index (χ0n) is 59.3. The average molecular weight is 1410 g/mol. The van der Waals surface area contributed by atoms with E-state index in [1.165, 1.54) is 0 Å². The lowest BCUT2D eigenvalue weighted by Gasteiger charge is -2.52. The molecule has 20 nitrogen and oxygen atoms in total. The topological polar surface area (TPSA) is 218 Å². The molecule has 15 atom stereocenters. The lowest BCUT2D eigenvalue weighted by Crippen LogP contribution is -2.70. The van der Waals surface area contributed by atoms with Gasteiger partial charge in [-0.25, -0.2) is 4.79 Å². The SMILES string of the molecule is C=CCCCO[C@@H]1O[C@H](COCc2ccccc2)[C@@H](O[C@@H]2O[C@H](COCc3ccccc3)[C@H](OCc3ccccc3)[C@H](OCc3ccccc3)[C@H]2O[C@@H]2O[C@@H](C)[C@@H](OC(=O)C(C)(C)C)[C@@H](OC(=O)C(C)(C)C)[C@@H]2OCc2ccccc2)[C@H](OC(=O)c2ccccc2)[C@H]1N1C(=O)c2ccccc2C1=O. The van der Waals surface area contributed by atoms with Crippen LogP contribution in [0.15, 0.2) is 219 Å². The number of carbonyl (C=O) groups excluding carboxylic acids is 5. The number of ether oxygens (including phenoxy) is 14. The molecule has 4 aliphatic heterocycles. The highest BCUT2D eigenvalue weighted by Crippen LogP contribution is 2.42. The van der Waals surface area contributed by atoms with E-state index in [-0.39, 0.29) is 69.5 Å². The molecule has 0 saturated carbocycles. The Kier molecular flexibility index (Phi) is 26.2. The first kappa shape index (κ1) is 75.5. The van der Waals surface area contributed by atoms with Crippen molar-refractivity contribution in [3.05, 3.63) is 263 Å². The molecule has 2 amide bonds. The molecule has 3 fully saturated rings. The van der Waals surface area contributed by atoms with E-state index >= 15 is 14.4 Å². The predicted octanol–water partition coefficient (Wildman–Crippen LogP) is 12.9. The Bertz CT molecular complexity index is 3820. The molecule has 0 aromatic heterocycles. The first-order valence-corrected chi connectivity index (χ1v) is 35.2. The number of esters is 3. The molecule has 11 rings (SSSR count). The van der Waals surface area contributed by atoms with E-state index in [0.29, 0.717) is 12.8 Å². The quantitative estimate of drug-likeness (QED) is 0.0130. The van der Waals surface area contributed by atoms with Crippen LogP contribution >= 0.6 is 0 Å². The molecule has 7 aromatic rings. The second-order valence-electron chi connectivity index (χ2n) is 28.1. The summed E-state index contributed by atoms with van der Waals surface area (Å²) < 4.78 is 98.4. The molecular formula is C83H93NO19. The lowest BCUT2D eigenvalue weighted by molar-refractivity contribution is -0.393. The van der Waals surface area contributed by atoms with E-state index in [9.17, 15) is 9.59 Å². The van der Waals surface area contributed by atoms with Gasteiger partial charge < -0.3 is 66.3 Å². The number of carbonyl (C=O) groups is 5. The van der Waals surface area contributed by atoms with Gasteiger partial charge in [-0.15, -0.1) is 6.58 Å². The molecule has 3 saturated heterocycles. The van der Waals surface area contributed by atoms with Gasteiger partial charge in [-0.3, -0.25) is 24.1 Å². The monoisotopic (exact) mass is 1410 g/mol. The summed E-state index contributed by atoms with van der Waals surface area (Å²) >= 11 is 0. The summed E-state index contributed by atoms with van der Waals surface area (Å²) in [6, 6.07) is 60.6. The predicted molar refractivity (Wildman–Crippen MR) is 379 cm³/mol. The van der Waals surface area contributed by atoms with Crippen LogP contribution in [0.2, 0.25) is 0 Å². The van der Waals surface area contributed by atoms with Gasteiger partial charge in [0, 0.05) is 0 Å². The van der Waals surface area contributed by atoms with Crippen molar-refractivity contribution in [1.29, 1.82) is 0 Å². The van der Waals surface area contributed by atoms with Crippen molar-refractivity contribution < 1.29 is 90.3 Å². The maximum atomic E-state index is 15.3. The minimum Gasteiger partial charge on any atom is -0.455 e. The number of allylic oxidation sites excluding steroid dienone is 1. The van der Waals surface area contributed by atoms with Gasteiger partial charge in [-0.05, 0) is 113 Å². The van der Waals surface area contributed by atoms with Crippen molar-refractivity contribution in [3.63, 3.8) is 0 Å². The Hall–Kier alpha value is -8.61. The Balaban J connectivity index is 1.11. The Labute approximate surface area is 602 Å². The molecule has 103 heavy (non-hydrogen) atoms. The van der Waals surface area contributed by atoms with Gasteiger partial charge in [0.25, 0.3) is 11.8 Å². The number of benzene rings is 7. The zero-order chi connectivity index (χ0) is 72.5. The highest BCUT2D eigenvalue weighted by molar-refractivity contribution is 6.21. The van der Waals surface area contributed by atoms with Crippen LogP contribution in [-0.2, 0) is 109 Å². The lowest BCUT2D eigenvalue weighted by atomic mass is 9.93. The molecule has 4 heterocycles. The van der Waals surface area contributed by atoms with E-state index in [0.717, 1.165) is 32.7 Å². The number of amides is 2. The van der Waals surface area contributed by atoms with Crippen LogP contribution in [0, 0.1) is 10.8 Å². The summed E-state index contributed by atoms with van der Waals surface area (Å²) in [5.41, 5.74) is 2.22. The van der Waals surface area contributed by atoms with Crippen molar-refractivity contribution in [1.82, 2.24) is 4.90 Å². The van der Waals surface area contributed by atoms with Crippen molar-refractivity contribution in [2.75, 3.05) is 19.8 Å². The first-order chi connectivity index (χ1) is 49.8. The van der Waals surface area contributed by atoms with Crippen LogP contribution in [0.25, 0.3) is 0 Å². The van der Waals surface area contributed by atoms with Crippen LogP contribution < -0.4 is 0 Å². The molecule has 0 unspecified atom stereocenters. The third-order valence-corrected chi connectivity index (χ3v) is 18.1. The van der Waals surface area contributed by atoms with Gasteiger partial charge in [0.2, 0.25) is 0 Å². The Morgan fingerprint density at radius 2 is 0.825 bits per heavy atom. The van der Waals surface area contributed by atoms with Crippen molar-refractivity contribution in [3.8, 4) is 0 Å². The minimum atomic E-state index is -1.72. The molecule has 4 aliphatic rings. The van der Waals surface area contributed by atoms with Crippen LogP contribution in [0.3, 0.4) is 0 Å².